The van der Waals surface area contributed by atoms with Crippen LogP contribution in [0.3, 0.4) is 0 Å². The molecule has 0 aliphatic carbocycles. The molecule has 0 atom stereocenters. The summed E-state index contributed by atoms with van der Waals surface area (Å²) in [6, 6.07) is 3.98. The Kier molecular flexibility index (Phi) is 2.47. The molecule has 0 spiro atoms. The van der Waals surface area contributed by atoms with E-state index in [-0.39, 0.29) is 12.2 Å². The highest BCUT2D eigenvalue weighted by atomic mass is 19.2. The fourth-order valence-corrected chi connectivity index (χ4v) is 1.37. The Balaban J connectivity index is 2.59. The minimum Gasteiger partial charge on any atom is -0.325 e. The molecule has 0 radical (unpaired) electrons. The Morgan fingerprint density at radius 1 is 1.33 bits per heavy atom. The largest absolute Gasteiger partial charge is 0.325 e. The first-order valence-electron chi connectivity index (χ1n) is 4.39. The van der Waals surface area contributed by atoms with Gasteiger partial charge in [0.15, 0.2) is 11.6 Å². The van der Waals surface area contributed by atoms with Gasteiger partial charge >= 0.3 is 0 Å². The third-order valence-corrected chi connectivity index (χ3v) is 2.12. The molecule has 0 amide bonds. The maximum Gasteiger partial charge on any atom is 0.182 e. The van der Waals surface area contributed by atoms with Crippen LogP contribution in [-0.2, 0) is 6.54 Å². The lowest BCUT2D eigenvalue weighted by atomic mass is 10.3. The molecular weight excluding hydrogens is 200 g/mol. The van der Waals surface area contributed by atoms with E-state index in [9.17, 15) is 8.78 Å². The molecule has 15 heavy (non-hydrogen) atoms. The summed E-state index contributed by atoms with van der Waals surface area (Å²) < 4.78 is 27.8. The number of nitrogens with zero attached hydrogens (tertiary/aromatic N) is 2. The van der Waals surface area contributed by atoms with E-state index < -0.39 is 11.6 Å². The van der Waals surface area contributed by atoms with Crippen LogP contribution in [0.1, 0.15) is 5.69 Å². The van der Waals surface area contributed by atoms with Crippen molar-refractivity contribution >= 4 is 0 Å². The minimum absolute atomic E-state index is 0.118. The van der Waals surface area contributed by atoms with Crippen LogP contribution in [0.15, 0.2) is 30.7 Å². The molecule has 1 heterocycles. The summed E-state index contributed by atoms with van der Waals surface area (Å²) in [6.07, 6.45) is 2.92. The summed E-state index contributed by atoms with van der Waals surface area (Å²) in [7, 11) is 0. The van der Waals surface area contributed by atoms with E-state index in [1.165, 1.54) is 29.2 Å². The van der Waals surface area contributed by atoms with Gasteiger partial charge in [-0.2, -0.15) is 0 Å². The van der Waals surface area contributed by atoms with Crippen molar-refractivity contribution in [2.45, 2.75) is 6.54 Å². The Labute approximate surface area is 85.2 Å². The van der Waals surface area contributed by atoms with Gasteiger partial charge in [0.1, 0.15) is 0 Å². The third-order valence-electron chi connectivity index (χ3n) is 2.12. The molecule has 0 aliphatic rings. The summed E-state index contributed by atoms with van der Waals surface area (Å²) in [6.45, 7) is 0.218. The van der Waals surface area contributed by atoms with Crippen LogP contribution in [0.4, 0.5) is 8.78 Å². The van der Waals surface area contributed by atoms with Crippen molar-refractivity contribution in [3.05, 3.63) is 48.1 Å². The molecule has 5 heteroatoms. The van der Waals surface area contributed by atoms with Crippen LogP contribution in [0, 0.1) is 11.6 Å². The van der Waals surface area contributed by atoms with Crippen LogP contribution in [0.5, 0.6) is 0 Å². The zero-order valence-corrected chi connectivity index (χ0v) is 7.82. The van der Waals surface area contributed by atoms with E-state index in [4.69, 9.17) is 5.73 Å². The summed E-state index contributed by atoms with van der Waals surface area (Å²) in [5.41, 5.74) is 6.19. The second-order valence-corrected chi connectivity index (χ2v) is 3.03. The van der Waals surface area contributed by atoms with Gasteiger partial charge in [-0.15, -0.1) is 0 Å². The molecule has 2 rings (SSSR count). The second kappa shape index (κ2) is 3.78. The van der Waals surface area contributed by atoms with E-state index in [0.29, 0.717) is 5.69 Å². The van der Waals surface area contributed by atoms with Crippen LogP contribution in [0.2, 0.25) is 0 Å². The monoisotopic (exact) mass is 209 g/mol. The number of halogens is 2. The van der Waals surface area contributed by atoms with Crippen molar-refractivity contribution in [3.63, 3.8) is 0 Å². The fraction of sp³-hybridized carbons (Fsp3) is 0.100. The first kappa shape index (κ1) is 9.79. The molecule has 0 saturated carbocycles. The number of imidazole rings is 1. The van der Waals surface area contributed by atoms with Crippen LogP contribution >= 0.6 is 0 Å². The SMILES string of the molecule is NCc1cncn1-c1cccc(F)c1F. The highest BCUT2D eigenvalue weighted by molar-refractivity contribution is 5.35. The number of aromatic nitrogens is 2. The van der Waals surface area contributed by atoms with Gasteiger partial charge in [0.2, 0.25) is 0 Å². The molecule has 3 nitrogen and oxygen atoms in total. The van der Waals surface area contributed by atoms with Crippen molar-refractivity contribution in [1.82, 2.24) is 9.55 Å². The lowest BCUT2D eigenvalue weighted by Crippen LogP contribution is -2.06. The number of nitrogens with two attached hydrogens (primary N) is 1. The Morgan fingerprint density at radius 3 is 2.87 bits per heavy atom. The third kappa shape index (κ3) is 1.61. The Hall–Kier alpha value is -1.75. The van der Waals surface area contributed by atoms with E-state index in [0.717, 1.165) is 6.07 Å². The average Bonchev–Trinajstić information content (AvgIpc) is 2.70. The topological polar surface area (TPSA) is 43.8 Å². The van der Waals surface area contributed by atoms with E-state index in [1.807, 2.05) is 0 Å². The van der Waals surface area contributed by atoms with Gasteiger partial charge in [-0.3, -0.25) is 4.57 Å². The van der Waals surface area contributed by atoms with Crippen molar-refractivity contribution in [3.8, 4) is 5.69 Å². The number of hydrogen-bond acceptors (Lipinski definition) is 2. The highest BCUT2D eigenvalue weighted by Gasteiger charge is 2.11. The molecule has 2 aromatic rings. The lowest BCUT2D eigenvalue weighted by Gasteiger charge is -2.07. The first-order chi connectivity index (χ1) is 7.24. The molecule has 2 N–H and O–H groups in total. The van der Waals surface area contributed by atoms with Gasteiger partial charge in [-0.25, -0.2) is 13.8 Å². The van der Waals surface area contributed by atoms with Gasteiger partial charge in [-0.05, 0) is 12.1 Å². The number of benzene rings is 1. The second-order valence-electron chi connectivity index (χ2n) is 3.03. The van der Waals surface area contributed by atoms with E-state index in [1.54, 1.807) is 0 Å². The van der Waals surface area contributed by atoms with Crippen LogP contribution in [-0.4, -0.2) is 9.55 Å². The normalized spacial score (nSPS) is 10.6. The molecule has 0 fully saturated rings. The smallest absolute Gasteiger partial charge is 0.182 e. The molecule has 0 aliphatic heterocycles. The molecule has 0 unspecified atom stereocenters. The molecular formula is C10H9F2N3. The molecule has 1 aromatic heterocycles. The highest BCUT2D eigenvalue weighted by Crippen LogP contribution is 2.17. The molecule has 0 saturated heterocycles. The van der Waals surface area contributed by atoms with Crippen molar-refractivity contribution in [2.24, 2.45) is 5.73 Å². The van der Waals surface area contributed by atoms with Gasteiger partial charge in [-0.1, -0.05) is 6.07 Å². The maximum absolute atomic E-state index is 13.4. The predicted molar refractivity (Wildman–Crippen MR) is 51.4 cm³/mol. The van der Waals surface area contributed by atoms with Crippen molar-refractivity contribution < 1.29 is 8.78 Å². The van der Waals surface area contributed by atoms with Gasteiger partial charge in [0.05, 0.1) is 17.7 Å². The van der Waals surface area contributed by atoms with Crippen LogP contribution in [0.25, 0.3) is 5.69 Å². The Morgan fingerprint density at radius 2 is 2.13 bits per heavy atom. The lowest BCUT2D eigenvalue weighted by molar-refractivity contribution is 0.503. The number of rotatable bonds is 2. The molecule has 0 bridgehead atoms. The van der Waals surface area contributed by atoms with Crippen molar-refractivity contribution in [1.29, 1.82) is 0 Å². The summed E-state index contributed by atoms with van der Waals surface area (Å²) >= 11 is 0. The maximum atomic E-state index is 13.4. The van der Waals surface area contributed by atoms with E-state index in [2.05, 4.69) is 4.98 Å². The molecule has 1 aromatic carbocycles. The molecule has 78 valence electrons. The summed E-state index contributed by atoms with van der Waals surface area (Å²) in [4.78, 5) is 3.83. The van der Waals surface area contributed by atoms with Gasteiger partial charge in [0, 0.05) is 12.7 Å². The fourth-order valence-electron chi connectivity index (χ4n) is 1.37. The van der Waals surface area contributed by atoms with Gasteiger partial charge < -0.3 is 5.73 Å². The van der Waals surface area contributed by atoms with Crippen molar-refractivity contribution in [2.75, 3.05) is 0 Å². The average molecular weight is 209 g/mol. The Bertz CT molecular complexity index is 479. The minimum atomic E-state index is -0.898. The predicted octanol–water partition coefficient (Wildman–Crippen LogP) is 1.61. The van der Waals surface area contributed by atoms with E-state index >= 15 is 0 Å². The first-order valence-corrected chi connectivity index (χ1v) is 4.39. The van der Waals surface area contributed by atoms with Crippen LogP contribution < -0.4 is 5.73 Å². The number of hydrogen-bond donors (Lipinski definition) is 1. The summed E-state index contributed by atoms with van der Waals surface area (Å²) in [5.74, 6) is -1.78. The zero-order chi connectivity index (χ0) is 10.8. The quantitative estimate of drug-likeness (QED) is 0.816. The summed E-state index contributed by atoms with van der Waals surface area (Å²) in [5, 5.41) is 0. The standard InChI is InChI=1S/C10H9F2N3/c11-8-2-1-3-9(10(8)12)15-6-14-5-7(15)4-13/h1-3,5-6H,4,13H2. The van der Waals surface area contributed by atoms with Gasteiger partial charge in [0.25, 0.3) is 0 Å². The zero-order valence-electron chi connectivity index (χ0n) is 7.82.